The summed E-state index contributed by atoms with van der Waals surface area (Å²) in [5.74, 6) is -0.928. The van der Waals surface area contributed by atoms with Crippen molar-refractivity contribution in [1.82, 2.24) is 4.90 Å². The summed E-state index contributed by atoms with van der Waals surface area (Å²) in [6, 6.07) is 10.4. The lowest BCUT2D eigenvalue weighted by Crippen LogP contribution is -2.51. The van der Waals surface area contributed by atoms with Gasteiger partial charge in [0.2, 0.25) is 0 Å². The Morgan fingerprint density at radius 1 is 1.17 bits per heavy atom. The van der Waals surface area contributed by atoms with Crippen molar-refractivity contribution < 1.29 is 19.1 Å². The molecule has 1 fully saturated rings. The van der Waals surface area contributed by atoms with Gasteiger partial charge in [-0.05, 0) is 84.6 Å². The van der Waals surface area contributed by atoms with Gasteiger partial charge in [-0.25, -0.2) is 4.79 Å². The maximum atomic E-state index is 13.7. The van der Waals surface area contributed by atoms with Gasteiger partial charge in [0.1, 0.15) is 0 Å². The second-order valence-corrected chi connectivity index (χ2v) is 12.8. The van der Waals surface area contributed by atoms with Gasteiger partial charge in [-0.2, -0.15) is 0 Å². The van der Waals surface area contributed by atoms with Crippen LogP contribution in [-0.2, 0) is 37.1 Å². The summed E-state index contributed by atoms with van der Waals surface area (Å²) < 4.78 is 12.6. The summed E-state index contributed by atoms with van der Waals surface area (Å²) in [6.07, 6.45) is 1.86. The average molecular weight is 573 g/mol. The number of thiocarbonyl (C=S) groups is 1. The smallest absolute Gasteiger partial charge is 0.333 e. The van der Waals surface area contributed by atoms with Gasteiger partial charge >= 0.3 is 5.97 Å². The van der Waals surface area contributed by atoms with Crippen molar-refractivity contribution in [2.45, 2.75) is 83.8 Å². The number of halogens is 1. The van der Waals surface area contributed by atoms with E-state index in [0.717, 1.165) is 28.4 Å². The van der Waals surface area contributed by atoms with Gasteiger partial charge in [0.05, 0.1) is 6.61 Å². The number of hydrogen-bond acceptors (Lipinski definition) is 5. The van der Waals surface area contributed by atoms with E-state index in [9.17, 15) is 9.59 Å². The standard InChI is InChI=1S/C29H34BrNO4S/c1-8-34-25(33)23-29(7,35-26(36)31(23)24(32)17-10-9-11-19(30)14-17)22-16-18(27(2,3)4)15-21-20(22)12-13-28(21,5)6/h9-11,14-16,23H,8,12-13H2,1-7H3. The van der Waals surface area contributed by atoms with Gasteiger partial charge in [-0.3, -0.25) is 9.69 Å². The van der Waals surface area contributed by atoms with E-state index in [1.165, 1.54) is 16.0 Å². The molecule has 0 saturated carbocycles. The minimum atomic E-state index is -1.20. The molecule has 1 heterocycles. The van der Waals surface area contributed by atoms with Crippen molar-refractivity contribution in [3.05, 3.63) is 68.7 Å². The molecule has 1 aliphatic carbocycles. The van der Waals surface area contributed by atoms with E-state index < -0.39 is 23.5 Å². The van der Waals surface area contributed by atoms with Gasteiger partial charge in [-0.15, -0.1) is 0 Å². The highest BCUT2D eigenvalue weighted by Gasteiger charge is 2.58. The summed E-state index contributed by atoms with van der Waals surface area (Å²) in [5.41, 5.74) is 3.57. The molecule has 2 unspecified atom stereocenters. The number of nitrogens with zero attached hydrogens (tertiary/aromatic N) is 1. The number of rotatable bonds is 4. The van der Waals surface area contributed by atoms with Gasteiger partial charge in [-0.1, -0.05) is 68.7 Å². The average Bonchev–Trinajstić information content (AvgIpc) is 3.25. The SMILES string of the molecule is CCOC(=O)C1N(C(=O)c2cccc(Br)c2)C(=S)OC1(C)c1cc(C(C)(C)C)cc2c1CCC2(C)C. The van der Waals surface area contributed by atoms with Crippen molar-refractivity contribution >= 4 is 45.2 Å². The van der Waals surface area contributed by atoms with Crippen LogP contribution in [0.2, 0.25) is 0 Å². The first kappa shape index (κ1) is 26.8. The highest BCUT2D eigenvalue weighted by atomic mass is 79.9. The summed E-state index contributed by atoms with van der Waals surface area (Å²) in [4.78, 5) is 28.6. The van der Waals surface area contributed by atoms with Gasteiger partial charge in [0.15, 0.2) is 11.6 Å². The molecule has 36 heavy (non-hydrogen) atoms. The van der Waals surface area contributed by atoms with Crippen LogP contribution >= 0.6 is 28.1 Å². The van der Waals surface area contributed by atoms with Gasteiger partial charge in [0, 0.05) is 15.6 Å². The summed E-state index contributed by atoms with van der Waals surface area (Å²) >= 11 is 9.05. The lowest BCUT2D eigenvalue weighted by molar-refractivity contribution is -0.151. The fourth-order valence-corrected chi connectivity index (χ4v) is 6.11. The van der Waals surface area contributed by atoms with Crippen LogP contribution in [0.4, 0.5) is 0 Å². The van der Waals surface area contributed by atoms with Crippen LogP contribution in [0.5, 0.6) is 0 Å². The molecule has 2 aliphatic rings. The van der Waals surface area contributed by atoms with Crippen LogP contribution in [0.15, 0.2) is 40.9 Å². The largest absolute Gasteiger partial charge is 0.464 e. The lowest BCUT2D eigenvalue weighted by atomic mass is 9.76. The van der Waals surface area contributed by atoms with Crippen molar-refractivity contribution in [3.8, 4) is 0 Å². The predicted octanol–water partition coefficient (Wildman–Crippen LogP) is 6.57. The molecule has 0 radical (unpaired) electrons. The van der Waals surface area contributed by atoms with Crippen LogP contribution < -0.4 is 0 Å². The fourth-order valence-electron chi connectivity index (χ4n) is 5.35. The molecular formula is C29H34BrNO4S. The monoisotopic (exact) mass is 571 g/mol. The molecule has 0 N–H and O–H groups in total. The molecule has 0 aromatic heterocycles. The second kappa shape index (κ2) is 9.25. The van der Waals surface area contributed by atoms with E-state index in [4.69, 9.17) is 21.7 Å². The van der Waals surface area contributed by atoms with E-state index in [2.05, 4.69) is 62.7 Å². The number of hydrogen-bond donors (Lipinski definition) is 0. The number of amides is 1. The van der Waals surface area contributed by atoms with Crippen LogP contribution in [-0.4, -0.2) is 34.6 Å². The Hall–Kier alpha value is -2.25. The molecule has 0 bridgehead atoms. The van der Waals surface area contributed by atoms with Crippen molar-refractivity contribution in [2.75, 3.05) is 6.61 Å². The quantitative estimate of drug-likeness (QED) is 0.306. The van der Waals surface area contributed by atoms with Gasteiger partial charge < -0.3 is 9.47 Å². The number of benzene rings is 2. The highest BCUT2D eigenvalue weighted by Crippen LogP contribution is 2.49. The van der Waals surface area contributed by atoms with Crippen LogP contribution in [0.25, 0.3) is 0 Å². The Morgan fingerprint density at radius 3 is 2.44 bits per heavy atom. The molecule has 2 aromatic carbocycles. The Kier molecular flexibility index (Phi) is 6.88. The van der Waals surface area contributed by atoms with Crippen LogP contribution in [0.3, 0.4) is 0 Å². The molecule has 0 spiro atoms. The minimum absolute atomic E-state index is 0.00787. The van der Waals surface area contributed by atoms with Crippen molar-refractivity contribution in [3.63, 3.8) is 0 Å². The number of carbonyl (C=O) groups excluding carboxylic acids is 2. The third kappa shape index (κ3) is 4.49. The summed E-state index contributed by atoms with van der Waals surface area (Å²) in [5, 5.41) is -0.0207. The zero-order valence-corrected chi connectivity index (χ0v) is 24.4. The molecule has 7 heteroatoms. The second-order valence-electron chi connectivity index (χ2n) is 11.5. The first-order valence-electron chi connectivity index (χ1n) is 12.4. The molecule has 2 atom stereocenters. The molecule has 1 aliphatic heterocycles. The first-order valence-corrected chi connectivity index (χ1v) is 13.6. The van der Waals surface area contributed by atoms with E-state index in [0.29, 0.717) is 5.56 Å². The third-order valence-electron chi connectivity index (χ3n) is 7.46. The molecule has 1 amide bonds. The van der Waals surface area contributed by atoms with E-state index in [1.807, 2.05) is 13.0 Å². The topological polar surface area (TPSA) is 55.8 Å². The van der Waals surface area contributed by atoms with E-state index in [1.54, 1.807) is 25.1 Å². The molecule has 2 aromatic rings. The number of esters is 1. The molecule has 1 saturated heterocycles. The predicted molar refractivity (Wildman–Crippen MR) is 148 cm³/mol. The highest BCUT2D eigenvalue weighted by molar-refractivity contribution is 9.10. The van der Waals surface area contributed by atoms with Gasteiger partial charge in [0.25, 0.3) is 11.1 Å². The van der Waals surface area contributed by atoms with Crippen LogP contribution in [0.1, 0.15) is 87.5 Å². The normalized spacial score (nSPS) is 22.8. The summed E-state index contributed by atoms with van der Waals surface area (Å²) in [6.45, 7) is 14.8. The van der Waals surface area contributed by atoms with Crippen LogP contribution in [0, 0.1) is 0 Å². The Bertz CT molecular complexity index is 1250. The molecule has 4 rings (SSSR count). The van der Waals surface area contributed by atoms with E-state index in [-0.39, 0.29) is 22.6 Å². The zero-order chi connectivity index (χ0) is 26.6. The Balaban J connectivity index is 1.93. The van der Waals surface area contributed by atoms with Crippen molar-refractivity contribution in [1.29, 1.82) is 0 Å². The number of ether oxygens (including phenoxy) is 2. The Morgan fingerprint density at radius 2 is 1.83 bits per heavy atom. The minimum Gasteiger partial charge on any atom is -0.464 e. The summed E-state index contributed by atoms with van der Waals surface area (Å²) in [7, 11) is 0. The molecule has 5 nitrogen and oxygen atoms in total. The number of fused-ring (bicyclic) bond motifs is 1. The first-order chi connectivity index (χ1) is 16.7. The zero-order valence-electron chi connectivity index (χ0n) is 22.0. The molecule has 192 valence electrons. The van der Waals surface area contributed by atoms with E-state index >= 15 is 0 Å². The maximum Gasteiger partial charge on any atom is 0.333 e. The Labute approximate surface area is 227 Å². The lowest BCUT2D eigenvalue weighted by Gasteiger charge is -2.34. The third-order valence-corrected chi connectivity index (χ3v) is 8.23. The van der Waals surface area contributed by atoms with Crippen molar-refractivity contribution in [2.24, 2.45) is 0 Å². The fraction of sp³-hybridized carbons (Fsp3) is 0.483. The molecular weight excluding hydrogens is 538 g/mol. The number of carbonyl (C=O) groups is 2. The maximum absolute atomic E-state index is 13.7.